The minimum Gasteiger partial charge on any atom is -0.375 e. The van der Waals surface area contributed by atoms with Crippen molar-refractivity contribution in [2.45, 2.75) is 13.0 Å². The van der Waals surface area contributed by atoms with Gasteiger partial charge in [0, 0.05) is 5.02 Å². The normalized spacial score (nSPS) is 15.7. The molecule has 1 aliphatic rings. The van der Waals surface area contributed by atoms with Crippen molar-refractivity contribution in [2.24, 2.45) is 0 Å². The number of halogens is 1. The number of H-pyrrole nitrogens is 1. The van der Waals surface area contributed by atoms with Crippen molar-refractivity contribution in [3.63, 3.8) is 0 Å². The largest absolute Gasteiger partial charge is 0.375 e. The molecule has 1 amide bonds. The fourth-order valence-corrected chi connectivity index (χ4v) is 3.72. The molecule has 0 spiro atoms. The summed E-state index contributed by atoms with van der Waals surface area (Å²) in [5.74, 6) is 0.732. The summed E-state index contributed by atoms with van der Waals surface area (Å²) in [6, 6.07) is 13.2. The van der Waals surface area contributed by atoms with Crippen LogP contribution in [-0.2, 0) is 4.74 Å². The van der Waals surface area contributed by atoms with Crippen LogP contribution in [0, 0.1) is 0 Å². The molecular formula is C20H22ClN4O2+. The van der Waals surface area contributed by atoms with Crippen LogP contribution in [0.2, 0.25) is 5.02 Å². The van der Waals surface area contributed by atoms with E-state index in [0.29, 0.717) is 23.9 Å². The Labute approximate surface area is 162 Å². The third kappa shape index (κ3) is 3.50. The molecular weight excluding hydrogens is 364 g/mol. The maximum absolute atomic E-state index is 13.0. The number of hydrogen-bond donors (Lipinski definition) is 2. The molecule has 140 valence electrons. The van der Waals surface area contributed by atoms with E-state index < -0.39 is 0 Å². The molecule has 0 radical (unpaired) electrons. The summed E-state index contributed by atoms with van der Waals surface area (Å²) in [6.07, 6.45) is 1.96. The Morgan fingerprint density at radius 1 is 1.22 bits per heavy atom. The lowest BCUT2D eigenvalue weighted by Crippen LogP contribution is -2.41. The number of rotatable bonds is 4. The van der Waals surface area contributed by atoms with E-state index in [-0.39, 0.29) is 11.9 Å². The Balaban J connectivity index is 1.65. The number of benzene rings is 1. The first-order valence-electron chi connectivity index (χ1n) is 9.05. The van der Waals surface area contributed by atoms with E-state index in [1.165, 1.54) is 0 Å². The number of carbonyl (C=O) groups excluding carboxylic acids is 1. The highest BCUT2D eigenvalue weighted by Crippen LogP contribution is 2.23. The van der Waals surface area contributed by atoms with Gasteiger partial charge in [0.1, 0.15) is 0 Å². The second-order valence-corrected chi connectivity index (χ2v) is 7.00. The molecule has 1 atom stereocenters. The standard InChI is InChI=1S/C20H21ClN4O2/c1-14(15-6-2-3-7-16(15)21)22-19(26)18-17-8-4-5-9-25(17)20(23-18)24-10-12-27-13-11-24/h2-9,14H,10-13H2,1H3,(H,22,26)/p+1. The predicted molar refractivity (Wildman–Crippen MR) is 104 cm³/mol. The number of hydrogen-bond acceptors (Lipinski definition) is 3. The lowest BCUT2D eigenvalue weighted by atomic mass is 10.1. The molecule has 3 heterocycles. The second-order valence-electron chi connectivity index (χ2n) is 6.60. The van der Waals surface area contributed by atoms with Gasteiger partial charge in [0.15, 0.2) is 5.52 Å². The first kappa shape index (κ1) is 17.8. The number of nitrogens with one attached hydrogen (secondary N) is 2. The van der Waals surface area contributed by atoms with Gasteiger partial charge in [-0.15, -0.1) is 0 Å². The molecule has 0 aliphatic carbocycles. The zero-order valence-electron chi connectivity index (χ0n) is 15.1. The average Bonchev–Trinajstić information content (AvgIpc) is 3.09. The summed E-state index contributed by atoms with van der Waals surface area (Å²) in [4.78, 5) is 18.5. The maximum atomic E-state index is 13.0. The fraction of sp³-hybridized carbons (Fsp3) is 0.300. The van der Waals surface area contributed by atoms with Gasteiger partial charge in [-0.25, -0.2) is 9.38 Å². The number of aromatic nitrogens is 2. The number of fused-ring (bicyclic) bond motifs is 1. The van der Waals surface area contributed by atoms with Gasteiger partial charge in [-0.2, -0.15) is 0 Å². The van der Waals surface area contributed by atoms with Crippen LogP contribution >= 0.6 is 11.6 Å². The number of morpholine rings is 1. The zero-order chi connectivity index (χ0) is 18.8. The summed E-state index contributed by atoms with van der Waals surface area (Å²) in [5.41, 5.74) is 2.27. The molecule has 1 unspecified atom stereocenters. The smallest absolute Gasteiger partial charge is 0.363 e. The van der Waals surface area contributed by atoms with Crippen LogP contribution in [0.1, 0.15) is 29.0 Å². The Morgan fingerprint density at radius 2 is 1.96 bits per heavy atom. The van der Waals surface area contributed by atoms with Crippen molar-refractivity contribution in [2.75, 3.05) is 31.2 Å². The molecule has 7 heteroatoms. The van der Waals surface area contributed by atoms with E-state index >= 15 is 0 Å². The molecule has 0 bridgehead atoms. The Hall–Kier alpha value is -2.57. The van der Waals surface area contributed by atoms with E-state index in [1.54, 1.807) is 0 Å². The van der Waals surface area contributed by atoms with Gasteiger partial charge in [-0.05, 0) is 30.7 Å². The molecule has 1 aliphatic heterocycles. The van der Waals surface area contributed by atoms with Crippen LogP contribution in [0.25, 0.3) is 5.52 Å². The molecule has 1 saturated heterocycles. The number of ether oxygens (including phenoxy) is 1. The molecule has 27 heavy (non-hydrogen) atoms. The monoisotopic (exact) mass is 385 g/mol. The van der Waals surface area contributed by atoms with Gasteiger partial charge in [-0.1, -0.05) is 35.9 Å². The van der Waals surface area contributed by atoms with Crippen LogP contribution in [0.5, 0.6) is 0 Å². The number of pyridine rings is 1. The summed E-state index contributed by atoms with van der Waals surface area (Å²) in [7, 11) is 0. The van der Waals surface area contributed by atoms with Crippen LogP contribution in [0.3, 0.4) is 0 Å². The summed E-state index contributed by atoms with van der Waals surface area (Å²) in [6.45, 7) is 4.86. The molecule has 1 aromatic carbocycles. The number of amides is 1. The SMILES string of the molecule is CC(NC(=O)c1[nH]c(N2CCOCC2)[n+]2ccccc12)c1ccccc1Cl. The van der Waals surface area contributed by atoms with Crippen LogP contribution in [-0.4, -0.2) is 37.2 Å². The van der Waals surface area contributed by atoms with E-state index in [9.17, 15) is 4.79 Å². The van der Waals surface area contributed by atoms with Crippen molar-refractivity contribution < 1.29 is 13.9 Å². The highest BCUT2D eigenvalue weighted by molar-refractivity contribution is 6.31. The minimum absolute atomic E-state index is 0.161. The molecule has 6 nitrogen and oxygen atoms in total. The summed E-state index contributed by atoms with van der Waals surface area (Å²) >= 11 is 6.27. The van der Waals surface area contributed by atoms with Gasteiger partial charge in [0.25, 0.3) is 5.91 Å². The Kier molecular flexibility index (Phi) is 5.01. The maximum Gasteiger partial charge on any atom is 0.363 e. The molecule has 3 aromatic rings. The van der Waals surface area contributed by atoms with Crippen LogP contribution in [0.15, 0.2) is 48.7 Å². The molecule has 2 N–H and O–H groups in total. The van der Waals surface area contributed by atoms with Gasteiger partial charge >= 0.3 is 5.95 Å². The van der Waals surface area contributed by atoms with Crippen molar-refractivity contribution in [3.05, 3.63) is 64.9 Å². The zero-order valence-corrected chi connectivity index (χ0v) is 15.9. The van der Waals surface area contributed by atoms with Gasteiger partial charge in [0.2, 0.25) is 5.69 Å². The molecule has 2 aromatic heterocycles. The van der Waals surface area contributed by atoms with Crippen molar-refractivity contribution >= 4 is 29.0 Å². The Morgan fingerprint density at radius 3 is 2.74 bits per heavy atom. The summed E-state index contributed by atoms with van der Waals surface area (Å²) in [5, 5.41) is 3.69. The number of aromatic amines is 1. The van der Waals surface area contributed by atoms with Gasteiger partial charge in [0.05, 0.1) is 38.5 Å². The van der Waals surface area contributed by atoms with E-state index in [2.05, 4.69) is 15.2 Å². The number of carbonyl (C=O) groups is 1. The highest BCUT2D eigenvalue weighted by atomic mass is 35.5. The quantitative estimate of drug-likeness (QED) is 0.679. The second kappa shape index (κ2) is 7.58. The third-order valence-corrected chi connectivity index (χ3v) is 5.18. The van der Waals surface area contributed by atoms with Crippen LogP contribution < -0.4 is 14.6 Å². The number of imidazole rings is 1. The van der Waals surface area contributed by atoms with E-state index in [0.717, 1.165) is 30.1 Å². The fourth-order valence-electron chi connectivity index (χ4n) is 3.42. The van der Waals surface area contributed by atoms with E-state index in [4.69, 9.17) is 16.3 Å². The minimum atomic E-state index is -0.204. The molecule has 4 rings (SSSR count). The topological polar surface area (TPSA) is 61.5 Å². The van der Waals surface area contributed by atoms with Crippen molar-refractivity contribution in [3.8, 4) is 0 Å². The van der Waals surface area contributed by atoms with Gasteiger partial charge < -0.3 is 10.1 Å². The van der Waals surface area contributed by atoms with E-state index in [1.807, 2.05) is 60.0 Å². The average molecular weight is 386 g/mol. The molecule has 1 fully saturated rings. The van der Waals surface area contributed by atoms with Crippen molar-refractivity contribution in [1.29, 1.82) is 0 Å². The molecule has 0 saturated carbocycles. The number of nitrogens with zero attached hydrogens (tertiary/aromatic N) is 2. The predicted octanol–water partition coefficient (Wildman–Crippen LogP) is 2.73. The first-order chi connectivity index (χ1) is 13.1. The first-order valence-corrected chi connectivity index (χ1v) is 9.43. The van der Waals surface area contributed by atoms with Crippen molar-refractivity contribution in [1.82, 2.24) is 10.3 Å². The lowest BCUT2D eigenvalue weighted by molar-refractivity contribution is -0.497. The van der Waals surface area contributed by atoms with Crippen LogP contribution in [0.4, 0.5) is 5.95 Å². The third-order valence-electron chi connectivity index (χ3n) is 4.84. The van der Waals surface area contributed by atoms with Gasteiger partial charge in [-0.3, -0.25) is 9.69 Å². The highest BCUT2D eigenvalue weighted by Gasteiger charge is 2.28. The number of anilines is 1. The Bertz CT molecular complexity index is 966. The lowest BCUT2D eigenvalue weighted by Gasteiger charge is -2.21. The summed E-state index contributed by atoms with van der Waals surface area (Å²) < 4.78 is 7.46.